The minimum atomic E-state index is 0. The van der Waals surface area contributed by atoms with Crippen molar-refractivity contribution in [3.63, 3.8) is 0 Å². The van der Waals surface area contributed by atoms with E-state index in [-0.39, 0.29) is 24.0 Å². The number of rotatable bonds is 5. The second kappa shape index (κ2) is 8.84. The number of benzene rings is 1. The van der Waals surface area contributed by atoms with Gasteiger partial charge in [-0.15, -0.1) is 24.0 Å². The van der Waals surface area contributed by atoms with Crippen molar-refractivity contribution in [1.82, 2.24) is 0 Å². The minimum absolute atomic E-state index is 0. The Morgan fingerprint density at radius 2 is 2.00 bits per heavy atom. The van der Waals surface area contributed by atoms with E-state index in [4.69, 9.17) is 15.2 Å². The molecule has 0 saturated heterocycles. The number of hydrogen-bond acceptors (Lipinski definition) is 3. The van der Waals surface area contributed by atoms with Gasteiger partial charge in [-0.2, -0.15) is 0 Å². The number of ether oxygens (including phenoxy) is 2. The average Bonchev–Trinajstić information content (AvgIpc) is 2.36. The van der Waals surface area contributed by atoms with E-state index in [9.17, 15) is 0 Å². The number of anilines is 1. The lowest BCUT2D eigenvalue weighted by molar-refractivity contribution is 0.405. The number of guanidine groups is 1. The molecule has 0 atom stereocenters. The number of nitrogens with one attached hydrogen (secondary N) is 1. The molecule has 0 bridgehead atoms. The third kappa shape index (κ3) is 6.00. The number of methoxy groups -OCH3 is 2. The second-order valence-corrected chi connectivity index (χ2v) is 4.31. The summed E-state index contributed by atoms with van der Waals surface area (Å²) in [5.74, 6) is 2.27. The molecule has 0 aliphatic rings. The van der Waals surface area contributed by atoms with Crippen LogP contribution in [0.5, 0.6) is 11.5 Å². The van der Waals surface area contributed by atoms with Gasteiger partial charge in [0.25, 0.3) is 0 Å². The summed E-state index contributed by atoms with van der Waals surface area (Å²) in [5, 5.41) is 3.01. The maximum Gasteiger partial charge on any atom is 0.193 e. The SMILES string of the molecule is COc1ccc(OC)c(NC(N)=NCC(C)C)c1.I. The molecule has 1 aromatic carbocycles. The van der Waals surface area contributed by atoms with E-state index >= 15 is 0 Å². The summed E-state index contributed by atoms with van der Waals surface area (Å²) in [6.45, 7) is 4.86. The predicted octanol–water partition coefficient (Wildman–Crippen LogP) is 2.70. The van der Waals surface area contributed by atoms with Crippen molar-refractivity contribution in [2.24, 2.45) is 16.6 Å². The van der Waals surface area contributed by atoms with Gasteiger partial charge in [-0.05, 0) is 18.1 Å². The predicted molar refractivity (Wildman–Crippen MR) is 89.9 cm³/mol. The summed E-state index contributed by atoms with van der Waals surface area (Å²) < 4.78 is 10.4. The third-order valence-electron chi connectivity index (χ3n) is 2.30. The van der Waals surface area contributed by atoms with Crippen LogP contribution in [-0.2, 0) is 0 Å². The van der Waals surface area contributed by atoms with Crippen LogP contribution in [0.4, 0.5) is 5.69 Å². The molecule has 108 valence electrons. The lowest BCUT2D eigenvalue weighted by Gasteiger charge is -2.12. The largest absolute Gasteiger partial charge is 0.497 e. The van der Waals surface area contributed by atoms with Crippen LogP contribution in [0.1, 0.15) is 13.8 Å². The zero-order valence-electron chi connectivity index (χ0n) is 11.8. The number of hydrogen-bond donors (Lipinski definition) is 2. The van der Waals surface area contributed by atoms with Crippen LogP contribution < -0.4 is 20.5 Å². The zero-order chi connectivity index (χ0) is 13.5. The lowest BCUT2D eigenvalue weighted by Crippen LogP contribution is -2.23. The van der Waals surface area contributed by atoms with Crippen LogP contribution in [0.2, 0.25) is 0 Å². The molecular weight excluding hydrogens is 357 g/mol. The van der Waals surface area contributed by atoms with Gasteiger partial charge in [0, 0.05) is 12.6 Å². The van der Waals surface area contributed by atoms with Gasteiger partial charge in [0.05, 0.1) is 19.9 Å². The van der Waals surface area contributed by atoms with Crippen molar-refractivity contribution >= 4 is 35.6 Å². The molecule has 3 N–H and O–H groups in total. The van der Waals surface area contributed by atoms with E-state index < -0.39 is 0 Å². The summed E-state index contributed by atoms with van der Waals surface area (Å²) in [6, 6.07) is 5.46. The van der Waals surface area contributed by atoms with Gasteiger partial charge in [0.1, 0.15) is 11.5 Å². The first-order chi connectivity index (χ1) is 8.56. The number of nitrogens with zero attached hydrogens (tertiary/aromatic N) is 1. The van der Waals surface area contributed by atoms with Crippen molar-refractivity contribution < 1.29 is 9.47 Å². The highest BCUT2D eigenvalue weighted by atomic mass is 127. The minimum Gasteiger partial charge on any atom is -0.497 e. The lowest BCUT2D eigenvalue weighted by atomic mass is 10.2. The molecule has 1 rings (SSSR count). The number of nitrogens with two attached hydrogens (primary N) is 1. The topological polar surface area (TPSA) is 68.9 Å². The van der Waals surface area contributed by atoms with Crippen molar-refractivity contribution in [3.8, 4) is 11.5 Å². The molecule has 1 aromatic rings. The molecule has 0 fully saturated rings. The van der Waals surface area contributed by atoms with E-state index in [1.54, 1.807) is 14.2 Å². The Bertz CT molecular complexity index is 422. The van der Waals surface area contributed by atoms with E-state index in [1.165, 1.54) is 0 Å². The summed E-state index contributed by atoms with van der Waals surface area (Å²) >= 11 is 0. The maximum atomic E-state index is 5.81. The Morgan fingerprint density at radius 3 is 2.53 bits per heavy atom. The Hall–Kier alpha value is -1.18. The van der Waals surface area contributed by atoms with Crippen molar-refractivity contribution in [2.45, 2.75) is 13.8 Å². The normalized spacial score (nSPS) is 10.9. The van der Waals surface area contributed by atoms with Crippen molar-refractivity contribution in [3.05, 3.63) is 18.2 Å². The van der Waals surface area contributed by atoms with Gasteiger partial charge in [-0.1, -0.05) is 13.8 Å². The van der Waals surface area contributed by atoms with Gasteiger partial charge in [0.2, 0.25) is 0 Å². The fourth-order valence-corrected chi connectivity index (χ4v) is 1.37. The van der Waals surface area contributed by atoms with Gasteiger partial charge < -0.3 is 20.5 Å². The van der Waals surface area contributed by atoms with Crippen LogP contribution in [-0.4, -0.2) is 26.7 Å². The monoisotopic (exact) mass is 379 g/mol. The quantitative estimate of drug-likeness (QED) is 0.469. The Labute approximate surface area is 131 Å². The first-order valence-electron chi connectivity index (χ1n) is 5.85. The molecular formula is C13H22IN3O2. The highest BCUT2D eigenvalue weighted by Gasteiger charge is 2.06. The van der Waals surface area contributed by atoms with Crippen LogP contribution >= 0.6 is 24.0 Å². The van der Waals surface area contributed by atoms with Gasteiger partial charge in [0.15, 0.2) is 5.96 Å². The zero-order valence-corrected chi connectivity index (χ0v) is 14.1. The maximum absolute atomic E-state index is 5.81. The molecule has 0 unspecified atom stereocenters. The molecule has 0 heterocycles. The first-order valence-corrected chi connectivity index (χ1v) is 5.85. The molecule has 0 aliphatic heterocycles. The van der Waals surface area contributed by atoms with Gasteiger partial charge in [-0.3, -0.25) is 4.99 Å². The fourth-order valence-electron chi connectivity index (χ4n) is 1.37. The molecule has 5 nitrogen and oxygen atoms in total. The Morgan fingerprint density at radius 1 is 1.32 bits per heavy atom. The van der Waals surface area contributed by atoms with Crippen LogP contribution in [0.15, 0.2) is 23.2 Å². The van der Waals surface area contributed by atoms with Gasteiger partial charge in [-0.25, -0.2) is 0 Å². The summed E-state index contributed by atoms with van der Waals surface area (Å²) in [6.07, 6.45) is 0. The van der Waals surface area contributed by atoms with E-state index in [0.717, 1.165) is 11.4 Å². The number of halogens is 1. The molecule has 0 aromatic heterocycles. The third-order valence-corrected chi connectivity index (χ3v) is 2.30. The highest BCUT2D eigenvalue weighted by molar-refractivity contribution is 14.0. The van der Waals surface area contributed by atoms with Crippen molar-refractivity contribution in [1.29, 1.82) is 0 Å². The summed E-state index contributed by atoms with van der Waals surface area (Å²) in [4.78, 5) is 4.24. The van der Waals surface area contributed by atoms with E-state index in [1.807, 2.05) is 18.2 Å². The Kier molecular flexibility index (Phi) is 8.29. The number of aliphatic imine (C=N–C) groups is 1. The van der Waals surface area contributed by atoms with E-state index in [0.29, 0.717) is 24.2 Å². The van der Waals surface area contributed by atoms with Crippen LogP contribution in [0, 0.1) is 5.92 Å². The summed E-state index contributed by atoms with van der Waals surface area (Å²) in [5.41, 5.74) is 6.55. The molecule has 19 heavy (non-hydrogen) atoms. The van der Waals surface area contributed by atoms with Crippen molar-refractivity contribution in [2.75, 3.05) is 26.1 Å². The van der Waals surface area contributed by atoms with Crippen LogP contribution in [0.25, 0.3) is 0 Å². The Balaban J connectivity index is 0.00000324. The molecule has 0 amide bonds. The molecule has 0 radical (unpaired) electrons. The van der Waals surface area contributed by atoms with Crippen LogP contribution in [0.3, 0.4) is 0 Å². The smallest absolute Gasteiger partial charge is 0.193 e. The average molecular weight is 379 g/mol. The van der Waals surface area contributed by atoms with Gasteiger partial charge >= 0.3 is 0 Å². The molecule has 6 heteroatoms. The molecule has 0 saturated carbocycles. The van der Waals surface area contributed by atoms with E-state index in [2.05, 4.69) is 24.2 Å². The second-order valence-electron chi connectivity index (χ2n) is 4.31. The highest BCUT2D eigenvalue weighted by Crippen LogP contribution is 2.28. The first kappa shape index (κ1) is 17.8. The summed E-state index contributed by atoms with van der Waals surface area (Å²) in [7, 11) is 3.22. The molecule has 0 spiro atoms. The molecule has 0 aliphatic carbocycles. The standard InChI is InChI=1S/C13H21N3O2.HI/c1-9(2)8-15-13(14)16-11-7-10(17-3)5-6-12(11)18-4;/h5-7,9H,8H2,1-4H3,(H3,14,15,16);1H. The fraction of sp³-hybridized carbons (Fsp3) is 0.462.